The summed E-state index contributed by atoms with van der Waals surface area (Å²) in [5, 5.41) is 3.54. The normalized spacial score (nSPS) is 31.5. The van der Waals surface area contributed by atoms with Crippen molar-refractivity contribution in [3.8, 4) is 0 Å². The number of nitrogens with one attached hydrogen (secondary N) is 1. The third kappa shape index (κ3) is 2.73. The second-order valence-electron chi connectivity index (χ2n) is 6.06. The van der Waals surface area contributed by atoms with Crippen molar-refractivity contribution in [1.29, 1.82) is 0 Å². The molecule has 0 spiro atoms. The summed E-state index contributed by atoms with van der Waals surface area (Å²) in [5.74, 6) is 1.79. The highest BCUT2D eigenvalue weighted by atomic mass is 14.9. The molecular weight excluding hydrogens is 170 g/mol. The maximum absolute atomic E-state index is 3.54. The first-order valence-electron chi connectivity index (χ1n) is 6.14. The summed E-state index contributed by atoms with van der Waals surface area (Å²) in [4.78, 5) is 0. The van der Waals surface area contributed by atoms with E-state index in [0.29, 0.717) is 11.5 Å². The Bertz CT molecular complexity index is 169. The first-order valence-corrected chi connectivity index (χ1v) is 6.14. The Morgan fingerprint density at radius 3 is 2.14 bits per heavy atom. The van der Waals surface area contributed by atoms with Gasteiger partial charge in [-0.15, -0.1) is 0 Å². The zero-order chi connectivity index (χ0) is 10.8. The van der Waals surface area contributed by atoms with E-state index in [9.17, 15) is 0 Å². The average molecular weight is 197 g/mol. The van der Waals surface area contributed by atoms with Crippen LogP contribution in [0, 0.1) is 17.3 Å². The molecule has 14 heavy (non-hydrogen) atoms. The molecule has 1 saturated carbocycles. The van der Waals surface area contributed by atoms with Gasteiger partial charge in [-0.05, 0) is 30.7 Å². The largest absolute Gasteiger partial charge is 0.316 e. The minimum Gasteiger partial charge on any atom is -0.316 e. The molecule has 0 amide bonds. The van der Waals surface area contributed by atoms with E-state index >= 15 is 0 Å². The van der Waals surface area contributed by atoms with Crippen LogP contribution in [0.3, 0.4) is 0 Å². The molecule has 1 aliphatic rings. The lowest BCUT2D eigenvalue weighted by Gasteiger charge is -2.42. The molecule has 1 N–H and O–H groups in total. The van der Waals surface area contributed by atoms with Gasteiger partial charge >= 0.3 is 0 Å². The second-order valence-corrected chi connectivity index (χ2v) is 6.06. The number of hydrogen-bond acceptors (Lipinski definition) is 1. The molecule has 0 aliphatic heterocycles. The molecule has 3 atom stereocenters. The predicted molar refractivity (Wildman–Crippen MR) is 63.4 cm³/mol. The van der Waals surface area contributed by atoms with Crippen molar-refractivity contribution in [2.45, 2.75) is 59.4 Å². The zero-order valence-corrected chi connectivity index (χ0v) is 10.6. The van der Waals surface area contributed by atoms with Crippen LogP contribution in [0.5, 0.6) is 0 Å². The van der Waals surface area contributed by atoms with Crippen LogP contribution in [-0.4, -0.2) is 13.1 Å². The van der Waals surface area contributed by atoms with Gasteiger partial charge in [0.15, 0.2) is 0 Å². The highest BCUT2D eigenvalue weighted by Crippen LogP contribution is 2.37. The Hall–Kier alpha value is -0.0400. The van der Waals surface area contributed by atoms with Gasteiger partial charge in [-0.2, -0.15) is 0 Å². The summed E-state index contributed by atoms with van der Waals surface area (Å²) in [6, 6.07) is 0.679. The quantitative estimate of drug-likeness (QED) is 0.715. The van der Waals surface area contributed by atoms with Gasteiger partial charge in [-0.3, -0.25) is 0 Å². The lowest BCUT2D eigenvalue weighted by molar-refractivity contribution is 0.121. The highest BCUT2D eigenvalue weighted by Gasteiger charge is 2.35. The highest BCUT2D eigenvalue weighted by molar-refractivity contribution is 4.89. The van der Waals surface area contributed by atoms with E-state index < -0.39 is 0 Å². The molecule has 1 fully saturated rings. The van der Waals surface area contributed by atoms with Crippen LogP contribution in [0.15, 0.2) is 0 Å². The summed E-state index contributed by atoms with van der Waals surface area (Å²) in [5.41, 5.74) is 0.394. The molecule has 0 heterocycles. The zero-order valence-electron chi connectivity index (χ0n) is 10.6. The van der Waals surface area contributed by atoms with Crippen molar-refractivity contribution < 1.29 is 0 Å². The average Bonchev–Trinajstić information content (AvgIpc) is 2.07. The molecule has 0 aromatic heterocycles. The topological polar surface area (TPSA) is 12.0 Å². The standard InChI is InChI=1S/C13H27N/c1-10-8-6-7-9-11(10)12(14-5)13(2,3)4/h10-12,14H,6-9H2,1-5H3. The van der Waals surface area contributed by atoms with Crippen LogP contribution in [0.1, 0.15) is 53.4 Å². The molecule has 0 bridgehead atoms. The van der Waals surface area contributed by atoms with Crippen LogP contribution in [0.4, 0.5) is 0 Å². The van der Waals surface area contributed by atoms with Crippen LogP contribution in [0.2, 0.25) is 0 Å². The van der Waals surface area contributed by atoms with Crippen LogP contribution in [0.25, 0.3) is 0 Å². The van der Waals surface area contributed by atoms with Gasteiger partial charge in [-0.25, -0.2) is 0 Å². The van der Waals surface area contributed by atoms with Crippen LogP contribution in [-0.2, 0) is 0 Å². The lowest BCUT2D eigenvalue weighted by atomic mass is 9.69. The van der Waals surface area contributed by atoms with E-state index in [2.05, 4.69) is 40.1 Å². The smallest absolute Gasteiger partial charge is 0.0143 e. The van der Waals surface area contributed by atoms with Crippen molar-refractivity contribution in [3.05, 3.63) is 0 Å². The van der Waals surface area contributed by atoms with Gasteiger partial charge in [0.1, 0.15) is 0 Å². The number of rotatable bonds is 2. The third-order valence-corrected chi connectivity index (χ3v) is 3.85. The Morgan fingerprint density at radius 2 is 1.71 bits per heavy atom. The lowest BCUT2D eigenvalue weighted by Crippen LogP contribution is -2.47. The predicted octanol–water partition coefficient (Wildman–Crippen LogP) is 3.45. The van der Waals surface area contributed by atoms with E-state index in [1.165, 1.54) is 25.7 Å². The fraction of sp³-hybridized carbons (Fsp3) is 1.00. The molecule has 0 aromatic carbocycles. The molecule has 0 radical (unpaired) electrons. The van der Waals surface area contributed by atoms with Crippen molar-refractivity contribution in [1.82, 2.24) is 5.32 Å². The molecule has 3 unspecified atom stereocenters. The Kier molecular flexibility index (Phi) is 4.00. The van der Waals surface area contributed by atoms with Gasteiger partial charge in [0, 0.05) is 6.04 Å². The summed E-state index contributed by atoms with van der Waals surface area (Å²) < 4.78 is 0. The van der Waals surface area contributed by atoms with Gasteiger partial charge in [-0.1, -0.05) is 47.0 Å². The minimum absolute atomic E-state index is 0.394. The molecule has 1 rings (SSSR count). The summed E-state index contributed by atoms with van der Waals surface area (Å²) in [7, 11) is 2.12. The molecule has 1 aliphatic carbocycles. The molecule has 0 saturated heterocycles. The van der Waals surface area contributed by atoms with Gasteiger partial charge in [0.2, 0.25) is 0 Å². The van der Waals surface area contributed by atoms with Gasteiger partial charge < -0.3 is 5.32 Å². The summed E-state index contributed by atoms with van der Waals surface area (Å²) >= 11 is 0. The van der Waals surface area contributed by atoms with Gasteiger partial charge in [0.05, 0.1) is 0 Å². The second kappa shape index (κ2) is 4.65. The van der Waals surface area contributed by atoms with Gasteiger partial charge in [0.25, 0.3) is 0 Å². The monoisotopic (exact) mass is 197 g/mol. The Morgan fingerprint density at radius 1 is 1.14 bits per heavy atom. The van der Waals surface area contributed by atoms with Crippen LogP contribution >= 0.6 is 0 Å². The Balaban J connectivity index is 2.67. The molecule has 0 aromatic rings. The number of hydrogen-bond donors (Lipinski definition) is 1. The maximum Gasteiger partial charge on any atom is 0.0143 e. The van der Waals surface area contributed by atoms with E-state index in [1.807, 2.05) is 0 Å². The van der Waals surface area contributed by atoms with Crippen molar-refractivity contribution >= 4 is 0 Å². The molecule has 1 nitrogen and oxygen atoms in total. The van der Waals surface area contributed by atoms with E-state index in [0.717, 1.165) is 11.8 Å². The van der Waals surface area contributed by atoms with Crippen molar-refractivity contribution in [2.24, 2.45) is 17.3 Å². The van der Waals surface area contributed by atoms with E-state index in [1.54, 1.807) is 0 Å². The van der Waals surface area contributed by atoms with Crippen molar-refractivity contribution in [3.63, 3.8) is 0 Å². The van der Waals surface area contributed by atoms with Crippen molar-refractivity contribution in [2.75, 3.05) is 7.05 Å². The fourth-order valence-corrected chi connectivity index (χ4v) is 3.13. The van der Waals surface area contributed by atoms with Crippen LogP contribution < -0.4 is 5.32 Å². The first kappa shape index (κ1) is 12.0. The van der Waals surface area contributed by atoms with E-state index in [4.69, 9.17) is 0 Å². The Labute approximate surface area is 89.7 Å². The summed E-state index contributed by atoms with van der Waals surface area (Å²) in [6.07, 6.45) is 5.73. The molecule has 1 heteroatoms. The summed E-state index contributed by atoms with van der Waals surface area (Å²) in [6.45, 7) is 9.50. The third-order valence-electron chi connectivity index (χ3n) is 3.85. The molecular formula is C13H27N. The maximum atomic E-state index is 3.54. The molecule has 84 valence electrons. The van der Waals surface area contributed by atoms with E-state index in [-0.39, 0.29) is 0 Å². The SMILES string of the molecule is CNC(C1CCCCC1C)C(C)(C)C. The minimum atomic E-state index is 0.394. The fourth-order valence-electron chi connectivity index (χ4n) is 3.13. The first-order chi connectivity index (χ1) is 6.46.